The monoisotopic (exact) mass is 1190 g/mol. The lowest BCUT2D eigenvalue weighted by atomic mass is 9.95. The molecule has 2 fully saturated rings. The lowest BCUT2D eigenvalue weighted by Gasteiger charge is -2.32. The van der Waals surface area contributed by atoms with Gasteiger partial charge in [-0.15, -0.1) is 0 Å². The third-order valence-corrected chi connectivity index (χ3v) is 15.3. The maximum atomic E-state index is 14.7. The van der Waals surface area contributed by atoms with Crippen LogP contribution >= 0.6 is 0 Å². The van der Waals surface area contributed by atoms with Crippen LogP contribution in [0.4, 0.5) is 4.79 Å². The van der Waals surface area contributed by atoms with Gasteiger partial charge in [-0.25, -0.2) is 4.79 Å². The fraction of sp³-hybridized carbons (Fsp3) is 0.540. The summed E-state index contributed by atoms with van der Waals surface area (Å²) in [5.74, 6) is -9.31. The van der Waals surface area contributed by atoms with Crippen molar-refractivity contribution >= 4 is 65.1 Å². The van der Waals surface area contributed by atoms with Gasteiger partial charge in [-0.2, -0.15) is 0 Å². The van der Waals surface area contributed by atoms with Crippen LogP contribution < -0.4 is 47.9 Å². The van der Waals surface area contributed by atoms with Crippen LogP contribution in [-0.4, -0.2) is 161 Å². The zero-order valence-electron chi connectivity index (χ0n) is 51.0. The molecule has 5 rings (SSSR count). The second kappa shape index (κ2) is 33.5. The van der Waals surface area contributed by atoms with E-state index in [0.29, 0.717) is 49.0 Å². The third kappa shape index (κ3) is 21.1. The minimum absolute atomic E-state index is 0.0299. The molecule has 0 saturated carbocycles. The molecule has 0 bridgehead atoms. The molecule has 2 saturated heterocycles. The van der Waals surface area contributed by atoms with Gasteiger partial charge in [0.1, 0.15) is 54.4 Å². The molecule has 2 heterocycles. The van der Waals surface area contributed by atoms with Crippen molar-refractivity contribution in [1.82, 2.24) is 57.7 Å². The van der Waals surface area contributed by atoms with Gasteiger partial charge in [0, 0.05) is 39.4 Å². The first kappa shape index (κ1) is 68.6. The second-order valence-electron chi connectivity index (χ2n) is 23.5. The van der Waals surface area contributed by atoms with Crippen LogP contribution in [0.25, 0.3) is 0 Å². The second-order valence-corrected chi connectivity index (χ2v) is 23.5. The number of nitrogens with zero attached hydrogens (tertiary/aromatic N) is 2. The SMILES string of the molecule is CC[C@H](C)[C@@H]1NC(=O)[C@H](CC(C)C)NC(=O)[C@H](Cc2ccccc2)NC(=O)N(C)C(=O)[C@H](CC(C)C)NC(=O)[C@H](Cc2ccccc2)NC(=O)[C@@H](C)NC(=O)C[C@@H](C(=O)N2CCCCC2)NC(=O)[C@H]([C@@H](C)O)NC(=O)[C@H](Cc2ccccc2)NC1=O. The summed E-state index contributed by atoms with van der Waals surface area (Å²) in [5.41, 5.74) is 1.82. The molecule has 0 radical (unpaired) electrons. The predicted molar refractivity (Wildman–Crippen MR) is 322 cm³/mol. The smallest absolute Gasteiger partial charge is 0.324 e. The first-order valence-electron chi connectivity index (χ1n) is 29.9. The van der Waals surface area contributed by atoms with Crippen molar-refractivity contribution in [3.05, 3.63) is 108 Å². The molecule has 23 nitrogen and oxygen atoms in total. The Labute approximate surface area is 504 Å². The number of hydrogen-bond acceptors (Lipinski definition) is 12. The van der Waals surface area contributed by atoms with Gasteiger partial charge in [-0.05, 0) is 80.4 Å². The Hall–Kier alpha value is -8.21. The summed E-state index contributed by atoms with van der Waals surface area (Å²) >= 11 is 0. The van der Waals surface area contributed by atoms with Gasteiger partial charge in [-0.3, -0.25) is 52.8 Å². The number of benzene rings is 3. The molecule has 468 valence electrons. The van der Waals surface area contributed by atoms with Crippen LogP contribution in [-0.2, 0) is 67.2 Å². The molecule has 23 heteroatoms. The van der Waals surface area contributed by atoms with Crippen molar-refractivity contribution in [3.8, 4) is 0 Å². The van der Waals surface area contributed by atoms with Crippen LogP contribution in [0.3, 0.4) is 0 Å². The average molecular weight is 1190 g/mol. The number of imide groups is 1. The van der Waals surface area contributed by atoms with Crippen LogP contribution in [0.1, 0.15) is 117 Å². The molecule has 0 unspecified atom stereocenters. The molecule has 3 aromatic rings. The van der Waals surface area contributed by atoms with E-state index in [0.717, 1.165) is 11.3 Å². The predicted octanol–water partition coefficient (Wildman–Crippen LogP) is 2.08. The number of urea groups is 1. The molecule has 0 aromatic heterocycles. The van der Waals surface area contributed by atoms with E-state index in [1.54, 1.807) is 119 Å². The van der Waals surface area contributed by atoms with Crippen LogP contribution in [0.15, 0.2) is 91.0 Å². The van der Waals surface area contributed by atoms with Gasteiger partial charge in [0.25, 0.3) is 5.91 Å². The van der Waals surface area contributed by atoms with Gasteiger partial charge >= 0.3 is 6.03 Å². The number of likely N-dealkylation sites (tertiary alicyclic amines) is 1. The van der Waals surface area contributed by atoms with E-state index < -0.39 is 138 Å². The molecule has 3 aromatic carbocycles. The fourth-order valence-corrected chi connectivity index (χ4v) is 10.2. The van der Waals surface area contributed by atoms with Crippen molar-refractivity contribution in [2.24, 2.45) is 17.8 Å². The van der Waals surface area contributed by atoms with Crippen molar-refractivity contribution in [2.75, 3.05) is 20.1 Å². The van der Waals surface area contributed by atoms with E-state index >= 15 is 0 Å². The van der Waals surface area contributed by atoms with E-state index in [-0.39, 0.29) is 43.9 Å². The van der Waals surface area contributed by atoms with E-state index in [9.17, 15) is 57.8 Å². The number of aliphatic hydroxyl groups excluding tert-OH is 1. The quantitative estimate of drug-likeness (QED) is 0.111. The topological polar surface area (TPSA) is 323 Å². The largest absolute Gasteiger partial charge is 0.391 e. The number of carbonyl (C=O) groups excluding carboxylic acids is 11. The number of aliphatic hydroxyl groups is 1. The molecular formula is C63H89N11O12. The van der Waals surface area contributed by atoms with E-state index in [2.05, 4.69) is 47.9 Å². The van der Waals surface area contributed by atoms with Gasteiger partial charge in [0.05, 0.1) is 12.5 Å². The minimum atomic E-state index is -1.76. The average Bonchev–Trinajstić information content (AvgIpc) is 2.26. The van der Waals surface area contributed by atoms with Gasteiger partial charge in [-0.1, -0.05) is 139 Å². The molecule has 0 aliphatic carbocycles. The third-order valence-electron chi connectivity index (χ3n) is 15.3. The minimum Gasteiger partial charge on any atom is -0.391 e. The highest BCUT2D eigenvalue weighted by Crippen LogP contribution is 2.17. The van der Waals surface area contributed by atoms with Crippen LogP contribution in [0.2, 0.25) is 0 Å². The molecule has 2 aliphatic heterocycles. The highest BCUT2D eigenvalue weighted by atomic mass is 16.3. The molecule has 10 N–H and O–H groups in total. The number of hydrogen-bond donors (Lipinski definition) is 10. The van der Waals surface area contributed by atoms with Crippen molar-refractivity contribution in [2.45, 2.75) is 180 Å². The highest BCUT2D eigenvalue weighted by Gasteiger charge is 2.39. The number of amides is 12. The summed E-state index contributed by atoms with van der Waals surface area (Å²) in [6.45, 7) is 14.0. The molecule has 11 atom stereocenters. The molecule has 0 spiro atoms. The molecular weight excluding hydrogens is 1100 g/mol. The number of carbonyl (C=O) groups is 11. The number of nitrogens with one attached hydrogen (secondary N) is 9. The van der Waals surface area contributed by atoms with Gasteiger partial charge in [0.2, 0.25) is 53.2 Å². The molecule has 86 heavy (non-hydrogen) atoms. The van der Waals surface area contributed by atoms with E-state index in [1.807, 2.05) is 13.8 Å². The van der Waals surface area contributed by atoms with Crippen molar-refractivity contribution < 1.29 is 57.8 Å². The van der Waals surface area contributed by atoms with Crippen LogP contribution in [0.5, 0.6) is 0 Å². The molecule has 2 aliphatic rings. The maximum absolute atomic E-state index is 14.7. The molecule has 12 amide bonds. The Morgan fingerprint density at radius 3 is 1.38 bits per heavy atom. The first-order chi connectivity index (χ1) is 40.8. The van der Waals surface area contributed by atoms with Crippen LogP contribution in [0, 0.1) is 17.8 Å². The summed E-state index contributed by atoms with van der Waals surface area (Å²) in [4.78, 5) is 161. The highest BCUT2D eigenvalue weighted by molar-refractivity contribution is 6.02. The Kier molecular flexibility index (Phi) is 26.7. The van der Waals surface area contributed by atoms with Gasteiger partial charge < -0.3 is 57.9 Å². The normalized spacial score (nSPS) is 25.2. The number of piperidine rings is 1. The van der Waals surface area contributed by atoms with E-state index in [1.165, 1.54) is 25.8 Å². The Bertz CT molecular complexity index is 2800. The fourth-order valence-electron chi connectivity index (χ4n) is 10.2. The maximum Gasteiger partial charge on any atom is 0.324 e. The number of likely N-dealkylation sites (N-methyl/N-ethyl adjacent to an activating group) is 1. The summed E-state index contributed by atoms with van der Waals surface area (Å²) in [7, 11) is 1.19. The Morgan fingerprint density at radius 1 is 0.500 bits per heavy atom. The van der Waals surface area contributed by atoms with Crippen molar-refractivity contribution in [1.29, 1.82) is 0 Å². The summed E-state index contributed by atoms with van der Waals surface area (Å²) in [6.07, 6.45) is -0.0189. The zero-order chi connectivity index (χ0) is 63.2. The summed E-state index contributed by atoms with van der Waals surface area (Å²) in [6, 6.07) is 12.2. The summed E-state index contributed by atoms with van der Waals surface area (Å²) < 4.78 is 0. The summed E-state index contributed by atoms with van der Waals surface area (Å²) in [5, 5.41) is 35.3. The van der Waals surface area contributed by atoms with E-state index in [4.69, 9.17) is 0 Å². The first-order valence-corrected chi connectivity index (χ1v) is 29.9. The van der Waals surface area contributed by atoms with Gasteiger partial charge in [0.15, 0.2) is 0 Å². The Balaban J connectivity index is 1.60. The number of rotatable bonds is 14. The lowest BCUT2D eigenvalue weighted by molar-refractivity contribution is -0.141. The zero-order valence-corrected chi connectivity index (χ0v) is 51.0. The van der Waals surface area contributed by atoms with Crippen molar-refractivity contribution in [3.63, 3.8) is 0 Å². The lowest BCUT2D eigenvalue weighted by Crippen LogP contribution is -2.63. The standard InChI is InChI=1S/C63H89N11O12/c1-10-39(6)52-59(82)67-47(34-43-25-17-12-18-26-43)58(81)72-53(41(8)75)60(83)69-50(62(85)74-29-21-14-22-30-74)36-51(76)64-40(7)54(77)65-46(33-42-23-15-11-16-24-42)55(78)68-49(32-38(4)5)61(84)73(9)63(86)70-48(35-44-27-19-13-20-28-44)56(79)66-45(31-37(2)3)57(80)71-52/h11-13,15-20,23-28,37-41,45-50,52-53,75H,10,14,21-22,29-36H2,1-9H3,(H,64,76)(H,65,77)(H,66,79)(H,67,82)(H,68,78)(H,69,83)(H,70,86)(H,71,80)(H,72,81)/t39-,40+,41+,45-,46-,47-,48-,49-,50-,52-,53-/m0/s1. The Morgan fingerprint density at radius 2 is 0.907 bits per heavy atom.